The zero-order chi connectivity index (χ0) is 20.1. The van der Waals surface area contributed by atoms with Gasteiger partial charge in [-0.2, -0.15) is 0 Å². The number of ether oxygens (including phenoxy) is 2. The number of halogens is 1. The van der Waals surface area contributed by atoms with E-state index in [1.807, 2.05) is 31.2 Å². The molecule has 1 amide bonds. The van der Waals surface area contributed by atoms with Gasteiger partial charge in [0.25, 0.3) is 5.91 Å². The first kappa shape index (κ1) is 19.5. The number of carbonyl (C=O) groups excluding carboxylic acids is 1. The molecule has 0 spiro atoms. The molecular weight excluding hydrogens is 378 g/mol. The lowest BCUT2D eigenvalue weighted by molar-refractivity contribution is 0.102. The number of amides is 1. The molecule has 28 heavy (non-hydrogen) atoms. The monoisotopic (exact) mass is 397 g/mol. The third kappa shape index (κ3) is 4.53. The molecule has 0 aliphatic heterocycles. The van der Waals surface area contributed by atoms with Gasteiger partial charge in [-0.05, 0) is 48.9 Å². The highest BCUT2D eigenvalue weighted by atomic mass is 35.5. The molecule has 0 fully saturated rings. The van der Waals surface area contributed by atoms with Crippen LogP contribution in [-0.2, 0) is 0 Å². The maximum atomic E-state index is 12.5. The zero-order valence-electron chi connectivity index (χ0n) is 15.7. The molecule has 1 aromatic heterocycles. The van der Waals surface area contributed by atoms with Crippen LogP contribution in [0.3, 0.4) is 0 Å². The molecule has 144 valence electrons. The molecule has 2 aromatic carbocycles. The highest BCUT2D eigenvalue weighted by Gasteiger charge is 2.11. The summed E-state index contributed by atoms with van der Waals surface area (Å²) in [6, 6.07) is 14.2. The molecule has 0 unspecified atom stereocenters. The highest BCUT2D eigenvalue weighted by Crippen LogP contribution is 2.31. The van der Waals surface area contributed by atoms with Crippen LogP contribution in [0.4, 0.5) is 17.1 Å². The molecule has 2 N–H and O–H groups in total. The smallest absolute Gasteiger partial charge is 0.274 e. The standard InChI is InChI=1S/C21H20ClN3O3/c1-13-4-5-14(22)10-18(13)25-21(26)17-8-6-15(12-23-17)24-19-11-16(27-2)7-9-20(19)28-3/h4-12,24H,1-3H3,(H,25,26). The zero-order valence-corrected chi connectivity index (χ0v) is 16.5. The van der Waals surface area contributed by atoms with Crippen molar-refractivity contribution >= 4 is 34.6 Å². The van der Waals surface area contributed by atoms with E-state index in [0.717, 1.165) is 11.3 Å². The van der Waals surface area contributed by atoms with Gasteiger partial charge in [-0.3, -0.25) is 4.79 Å². The van der Waals surface area contributed by atoms with Crippen LogP contribution < -0.4 is 20.1 Å². The van der Waals surface area contributed by atoms with E-state index in [0.29, 0.717) is 33.6 Å². The van der Waals surface area contributed by atoms with Crippen LogP contribution in [0.25, 0.3) is 0 Å². The summed E-state index contributed by atoms with van der Waals surface area (Å²) < 4.78 is 10.6. The molecule has 0 aliphatic carbocycles. The van der Waals surface area contributed by atoms with Crippen molar-refractivity contribution in [3.8, 4) is 11.5 Å². The third-order valence-corrected chi connectivity index (χ3v) is 4.36. The number of nitrogens with zero attached hydrogens (tertiary/aromatic N) is 1. The first-order valence-corrected chi connectivity index (χ1v) is 8.90. The number of benzene rings is 2. The van der Waals surface area contributed by atoms with Gasteiger partial charge in [-0.15, -0.1) is 0 Å². The Morgan fingerprint density at radius 2 is 1.82 bits per heavy atom. The predicted molar refractivity (Wildman–Crippen MR) is 111 cm³/mol. The normalized spacial score (nSPS) is 10.3. The summed E-state index contributed by atoms with van der Waals surface area (Å²) in [7, 11) is 3.19. The summed E-state index contributed by atoms with van der Waals surface area (Å²) in [6.07, 6.45) is 1.58. The number of carbonyl (C=O) groups is 1. The second kappa shape index (κ2) is 8.63. The Labute approximate surface area is 168 Å². The summed E-state index contributed by atoms with van der Waals surface area (Å²) >= 11 is 6.00. The van der Waals surface area contributed by atoms with Crippen molar-refractivity contribution in [1.82, 2.24) is 4.98 Å². The molecule has 3 aromatic rings. The quantitative estimate of drug-likeness (QED) is 0.608. The molecule has 0 aliphatic rings. The van der Waals surface area contributed by atoms with Gasteiger partial charge in [0.15, 0.2) is 0 Å². The van der Waals surface area contributed by atoms with Crippen molar-refractivity contribution in [2.75, 3.05) is 24.9 Å². The number of nitrogens with one attached hydrogen (secondary N) is 2. The van der Waals surface area contributed by atoms with Gasteiger partial charge in [-0.25, -0.2) is 4.98 Å². The SMILES string of the molecule is COc1ccc(OC)c(Nc2ccc(C(=O)Nc3cc(Cl)ccc3C)nc2)c1. The van der Waals surface area contributed by atoms with Crippen molar-refractivity contribution in [1.29, 1.82) is 0 Å². The van der Waals surface area contributed by atoms with E-state index in [1.54, 1.807) is 44.7 Å². The number of rotatable bonds is 6. The summed E-state index contributed by atoms with van der Waals surface area (Å²) in [5.41, 5.74) is 3.31. The predicted octanol–water partition coefficient (Wildman–Crippen LogP) is 5.06. The molecule has 1 heterocycles. The van der Waals surface area contributed by atoms with E-state index in [2.05, 4.69) is 15.6 Å². The second-order valence-electron chi connectivity index (χ2n) is 6.04. The maximum Gasteiger partial charge on any atom is 0.274 e. The second-order valence-corrected chi connectivity index (χ2v) is 6.47. The van der Waals surface area contributed by atoms with Crippen molar-refractivity contribution in [2.45, 2.75) is 6.92 Å². The number of methoxy groups -OCH3 is 2. The van der Waals surface area contributed by atoms with Crippen LogP contribution in [0, 0.1) is 6.92 Å². The van der Waals surface area contributed by atoms with Gasteiger partial charge in [0.1, 0.15) is 17.2 Å². The van der Waals surface area contributed by atoms with Crippen molar-refractivity contribution in [3.63, 3.8) is 0 Å². The molecule has 6 nitrogen and oxygen atoms in total. The average molecular weight is 398 g/mol. The Kier molecular flexibility index (Phi) is 6.01. The van der Waals surface area contributed by atoms with Gasteiger partial charge in [0.2, 0.25) is 0 Å². The van der Waals surface area contributed by atoms with Gasteiger partial charge in [-0.1, -0.05) is 17.7 Å². The molecular formula is C21H20ClN3O3. The van der Waals surface area contributed by atoms with Gasteiger partial charge >= 0.3 is 0 Å². The van der Waals surface area contributed by atoms with Gasteiger partial charge in [0, 0.05) is 16.8 Å². The van der Waals surface area contributed by atoms with E-state index in [4.69, 9.17) is 21.1 Å². The van der Waals surface area contributed by atoms with Crippen molar-refractivity contribution in [2.24, 2.45) is 0 Å². The summed E-state index contributed by atoms with van der Waals surface area (Å²) in [5.74, 6) is 1.05. The number of aryl methyl sites for hydroxylation is 1. The Hall–Kier alpha value is -3.25. The average Bonchev–Trinajstić information content (AvgIpc) is 2.71. The van der Waals surface area contributed by atoms with Gasteiger partial charge in [0.05, 0.1) is 31.8 Å². The Morgan fingerprint density at radius 3 is 2.50 bits per heavy atom. The first-order chi connectivity index (χ1) is 13.5. The van der Waals surface area contributed by atoms with Crippen LogP contribution in [-0.4, -0.2) is 25.1 Å². The summed E-state index contributed by atoms with van der Waals surface area (Å²) in [6.45, 7) is 1.90. The van der Waals surface area contributed by atoms with Crippen LogP contribution in [0.2, 0.25) is 5.02 Å². The molecule has 0 atom stereocenters. The fraction of sp³-hybridized carbons (Fsp3) is 0.143. The Morgan fingerprint density at radius 1 is 1.00 bits per heavy atom. The number of aromatic nitrogens is 1. The number of hydrogen-bond donors (Lipinski definition) is 2. The molecule has 0 radical (unpaired) electrons. The van der Waals surface area contributed by atoms with E-state index in [-0.39, 0.29) is 5.91 Å². The lowest BCUT2D eigenvalue weighted by Crippen LogP contribution is -2.14. The van der Waals surface area contributed by atoms with Crippen LogP contribution in [0.15, 0.2) is 54.7 Å². The Balaban J connectivity index is 1.75. The topological polar surface area (TPSA) is 72.5 Å². The minimum atomic E-state index is -0.309. The summed E-state index contributed by atoms with van der Waals surface area (Å²) in [4.78, 5) is 16.7. The van der Waals surface area contributed by atoms with E-state index >= 15 is 0 Å². The maximum absolute atomic E-state index is 12.5. The van der Waals surface area contributed by atoms with Crippen LogP contribution >= 0.6 is 11.6 Å². The van der Waals surface area contributed by atoms with Crippen LogP contribution in [0.1, 0.15) is 16.1 Å². The van der Waals surface area contributed by atoms with E-state index in [9.17, 15) is 4.79 Å². The summed E-state index contributed by atoms with van der Waals surface area (Å²) in [5, 5.41) is 6.60. The third-order valence-electron chi connectivity index (χ3n) is 4.13. The minimum absolute atomic E-state index is 0.294. The largest absolute Gasteiger partial charge is 0.497 e. The van der Waals surface area contributed by atoms with E-state index in [1.165, 1.54) is 0 Å². The number of pyridine rings is 1. The molecule has 0 bridgehead atoms. The molecule has 7 heteroatoms. The number of hydrogen-bond acceptors (Lipinski definition) is 5. The van der Waals surface area contributed by atoms with Crippen LogP contribution in [0.5, 0.6) is 11.5 Å². The lowest BCUT2D eigenvalue weighted by Gasteiger charge is -2.13. The molecule has 0 saturated carbocycles. The van der Waals surface area contributed by atoms with Gasteiger partial charge < -0.3 is 20.1 Å². The molecule has 0 saturated heterocycles. The van der Waals surface area contributed by atoms with E-state index < -0.39 is 0 Å². The van der Waals surface area contributed by atoms with Crippen molar-refractivity contribution < 1.29 is 14.3 Å². The fourth-order valence-electron chi connectivity index (χ4n) is 2.58. The van der Waals surface area contributed by atoms with Crippen molar-refractivity contribution in [3.05, 3.63) is 71.0 Å². The Bertz CT molecular complexity index is 991. The lowest BCUT2D eigenvalue weighted by atomic mass is 10.2. The highest BCUT2D eigenvalue weighted by molar-refractivity contribution is 6.31. The number of anilines is 3. The minimum Gasteiger partial charge on any atom is -0.497 e. The first-order valence-electron chi connectivity index (χ1n) is 8.53. The molecule has 3 rings (SSSR count). The fourth-order valence-corrected chi connectivity index (χ4v) is 2.76.